The Bertz CT molecular complexity index is 759. The Balaban J connectivity index is 1.70. The number of imide groups is 1. The summed E-state index contributed by atoms with van der Waals surface area (Å²) in [6.07, 6.45) is 2.75. The van der Waals surface area contributed by atoms with E-state index in [1.165, 1.54) is 6.21 Å². The maximum absolute atomic E-state index is 12.6. The summed E-state index contributed by atoms with van der Waals surface area (Å²) in [5, 5.41) is 7.73. The molecule has 5 nitrogen and oxygen atoms in total. The van der Waals surface area contributed by atoms with Gasteiger partial charge in [0.15, 0.2) is 0 Å². The molecule has 1 N–H and O–H groups in total. The zero-order chi connectivity index (χ0) is 17.0. The molecule has 0 aliphatic carbocycles. The van der Waals surface area contributed by atoms with Crippen LogP contribution in [0.1, 0.15) is 24.5 Å². The Hall–Kier alpha value is -2.95. The van der Waals surface area contributed by atoms with E-state index in [0.29, 0.717) is 12.8 Å². The fourth-order valence-corrected chi connectivity index (χ4v) is 2.65. The fourth-order valence-electron chi connectivity index (χ4n) is 2.65. The second-order valence-electron chi connectivity index (χ2n) is 6.02. The van der Waals surface area contributed by atoms with Gasteiger partial charge in [0.2, 0.25) is 0 Å². The quantitative estimate of drug-likeness (QED) is 0.680. The number of aryl methyl sites for hydroxylation is 1. The number of nitrogens with zero attached hydrogens (tertiary/aromatic N) is 2. The predicted molar refractivity (Wildman–Crippen MR) is 92.6 cm³/mol. The highest BCUT2D eigenvalue weighted by molar-refractivity contribution is 6.07. The number of carbonyl (C=O) groups is 2. The van der Waals surface area contributed by atoms with Crippen LogP contribution < -0.4 is 5.32 Å². The van der Waals surface area contributed by atoms with Gasteiger partial charge in [0, 0.05) is 0 Å². The molecule has 3 rings (SSSR count). The zero-order valence-electron chi connectivity index (χ0n) is 13.5. The Morgan fingerprint density at radius 1 is 1.04 bits per heavy atom. The molecule has 1 fully saturated rings. The topological polar surface area (TPSA) is 61.8 Å². The number of carbonyl (C=O) groups excluding carboxylic acids is 2. The molecule has 0 unspecified atom stereocenters. The first-order valence-electron chi connectivity index (χ1n) is 7.88. The molecule has 122 valence electrons. The fraction of sp³-hybridized carbons (Fsp3) is 0.211. The number of hydrogen-bond donors (Lipinski definition) is 1. The number of amides is 3. The summed E-state index contributed by atoms with van der Waals surface area (Å²) in [4.78, 5) is 24.7. The lowest BCUT2D eigenvalue weighted by Crippen LogP contribution is -2.44. The largest absolute Gasteiger partial charge is 0.346 e. The van der Waals surface area contributed by atoms with Crippen LogP contribution in [0.2, 0.25) is 0 Å². The van der Waals surface area contributed by atoms with Crippen LogP contribution in [0.4, 0.5) is 4.79 Å². The molecule has 1 aliphatic rings. The third-order valence-corrected chi connectivity index (χ3v) is 4.12. The van der Waals surface area contributed by atoms with Gasteiger partial charge in [-0.15, -0.1) is 5.01 Å². The van der Waals surface area contributed by atoms with E-state index in [9.17, 15) is 9.59 Å². The van der Waals surface area contributed by atoms with Crippen molar-refractivity contribution in [2.24, 2.45) is 5.10 Å². The Morgan fingerprint density at radius 2 is 1.67 bits per heavy atom. The van der Waals surface area contributed by atoms with Crippen molar-refractivity contribution in [1.82, 2.24) is 10.3 Å². The molecule has 0 aromatic heterocycles. The molecule has 24 heavy (non-hydrogen) atoms. The molecule has 0 saturated carbocycles. The summed E-state index contributed by atoms with van der Waals surface area (Å²) in [5.41, 5.74) is 1.03. The molecule has 1 aliphatic heterocycles. The van der Waals surface area contributed by atoms with Crippen LogP contribution in [0.15, 0.2) is 65.8 Å². The van der Waals surface area contributed by atoms with Crippen LogP contribution in [0.3, 0.4) is 0 Å². The molecule has 2 aromatic rings. The zero-order valence-corrected chi connectivity index (χ0v) is 13.5. The number of benzene rings is 2. The third-order valence-electron chi connectivity index (χ3n) is 4.12. The lowest BCUT2D eigenvalue weighted by Gasteiger charge is -2.20. The van der Waals surface area contributed by atoms with Crippen LogP contribution in [0, 0.1) is 0 Å². The molecule has 1 heterocycles. The second kappa shape index (κ2) is 6.66. The van der Waals surface area contributed by atoms with Gasteiger partial charge in [-0.05, 0) is 30.9 Å². The van der Waals surface area contributed by atoms with Crippen LogP contribution in [-0.4, -0.2) is 28.7 Å². The first-order chi connectivity index (χ1) is 11.6. The van der Waals surface area contributed by atoms with Gasteiger partial charge < -0.3 is 5.32 Å². The standard InChI is InChI=1S/C19H19N3O2/c1-19(13-12-15-8-4-2-5-9-15)17(23)22(18(24)21-19)20-14-16-10-6-3-7-11-16/h2-11,14H,12-13H2,1H3,(H,21,24)/b20-14-/t19-/m0/s1. The number of urea groups is 1. The van der Waals surface area contributed by atoms with E-state index in [2.05, 4.69) is 10.4 Å². The van der Waals surface area contributed by atoms with E-state index in [4.69, 9.17) is 0 Å². The van der Waals surface area contributed by atoms with Gasteiger partial charge in [0.05, 0.1) is 6.21 Å². The highest BCUT2D eigenvalue weighted by Gasteiger charge is 2.47. The first kappa shape index (κ1) is 15.9. The summed E-state index contributed by atoms with van der Waals surface area (Å²) in [7, 11) is 0. The van der Waals surface area contributed by atoms with Gasteiger partial charge >= 0.3 is 6.03 Å². The molecule has 3 amide bonds. The monoisotopic (exact) mass is 321 g/mol. The molecule has 5 heteroatoms. The molecule has 0 spiro atoms. The highest BCUT2D eigenvalue weighted by Crippen LogP contribution is 2.23. The maximum atomic E-state index is 12.6. The normalized spacial score (nSPS) is 20.6. The Labute approximate surface area is 141 Å². The van der Waals surface area contributed by atoms with Gasteiger partial charge in [-0.2, -0.15) is 5.10 Å². The van der Waals surface area contributed by atoms with Gasteiger partial charge in [-0.3, -0.25) is 4.79 Å². The van der Waals surface area contributed by atoms with Gasteiger partial charge in [0.25, 0.3) is 5.91 Å². The molecule has 0 radical (unpaired) electrons. The smallest absolute Gasteiger partial charge is 0.322 e. The van der Waals surface area contributed by atoms with Crippen molar-refractivity contribution >= 4 is 18.2 Å². The summed E-state index contributed by atoms with van der Waals surface area (Å²) >= 11 is 0. The lowest BCUT2D eigenvalue weighted by atomic mass is 9.93. The van der Waals surface area contributed by atoms with E-state index in [1.807, 2.05) is 60.7 Å². The molecular formula is C19H19N3O2. The lowest BCUT2D eigenvalue weighted by molar-refractivity contribution is -0.130. The van der Waals surface area contributed by atoms with Crippen LogP contribution in [-0.2, 0) is 11.2 Å². The maximum Gasteiger partial charge on any atom is 0.346 e. The van der Waals surface area contributed by atoms with Crippen molar-refractivity contribution in [3.8, 4) is 0 Å². The van der Waals surface area contributed by atoms with Crippen molar-refractivity contribution in [1.29, 1.82) is 0 Å². The Kier molecular flexibility index (Phi) is 4.42. The Morgan fingerprint density at radius 3 is 2.33 bits per heavy atom. The minimum absolute atomic E-state index is 0.324. The SMILES string of the molecule is C[C@@]1(CCc2ccccc2)NC(=O)N(/N=C\c2ccccc2)C1=O. The summed E-state index contributed by atoms with van der Waals surface area (Å²) in [6, 6.07) is 18.8. The summed E-state index contributed by atoms with van der Waals surface area (Å²) in [6.45, 7) is 1.74. The molecule has 1 saturated heterocycles. The minimum atomic E-state index is -0.930. The summed E-state index contributed by atoms with van der Waals surface area (Å²) in [5.74, 6) is -0.324. The number of hydrogen-bond acceptors (Lipinski definition) is 3. The second-order valence-corrected chi connectivity index (χ2v) is 6.02. The van der Waals surface area contributed by atoms with Crippen molar-refractivity contribution in [2.45, 2.75) is 25.3 Å². The average Bonchev–Trinajstić information content (AvgIpc) is 2.83. The average molecular weight is 321 g/mol. The number of nitrogens with one attached hydrogen (secondary N) is 1. The van der Waals surface area contributed by atoms with E-state index in [1.54, 1.807) is 6.92 Å². The predicted octanol–water partition coefficient (Wildman–Crippen LogP) is 2.96. The molecule has 2 aromatic carbocycles. The van der Waals surface area contributed by atoms with E-state index in [-0.39, 0.29) is 5.91 Å². The van der Waals surface area contributed by atoms with E-state index >= 15 is 0 Å². The third kappa shape index (κ3) is 3.35. The van der Waals surface area contributed by atoms with Gasteiger partial charge in [-0.1, -0.05) is 60.7 Å². The van der Waals surface area contributed by atoms with Crippen LogP contribution >= 0.6 is 0 Å². The summed E-state index contributed by atoms with van der Waals surface area (Å²) < 4.78 is 0. The van der Waals surface area contributed by atoms with Gasteiger partial charge in [-0.25, -0.2) is 4.79 Å². The molecule has 1 atom stereocenters. The van der Waals surface area contributed by atoms with Gasteiger partial charge in [0.1, 0.15) is 5.54 Å². The molecule has 0 bridgehead atoms. The number of hydrazone groups is 1. The van der Waals surface area contributed by atoms with Crippen molar-refractivity contribution < 1.29 is 9.59 Å². The van der Waals surface area contributed by atoms with Crippen molar-refractivity contribution in [3.63, 3.8) is 0 Å². The van der Waals surface area contributed by atoms with Crippen LogP contribution in [0.5, 0.6) is 0 Å². The van der Waals surface area contributed by atoms with E-state index < -0.39 is 11.6 Å². The highest BCUT2D eigenvalue weighted by atomic mass is 16.2. The van der Waals surface area contributed by atoms with E-state index in [0.717, 1.165) is 16.1 Å². The first-order valence-corrected chi connectivity index (χ1v) is 7.88. The van der Waals surface area contributed by atoms with Crippen molar-refractivity contribution in [3.05, 3.63) is 71.8 Å². The van der Waals surface area contributed by atoms with Crippen molar-refractivity contribution in [2.75, 3.05) is 0 Å². The van der Waals surface area contributed by atoms with Crippen LogP contribution in [0.25, 0.3) is 0 Å². The number of rotatable bonds is 5. The minimum Gasteiger partial charge on any atom is -0.322 e. The molecular weight excluding hydrogens is 302 g/mol.